The minimum Gasteiger partial charge on any atom is -0.467 e. The molecule has 0 saturated carbocycles. The smallest absolute Gasteiger partial charge is 0.237 e. The molecule has 4 heterocycles. The molecular formula is C23H24N6O3S. The van der Waals surface area contributed by atoms with Crippen molar-refractivity contribution in [1.82, 2.24) is 19.9 Å². The first-order valence-electron chi connectivity index (χ1n) is 10.8. The monoisotopic (exact) mass is 464 g/mol. The Kier molecular flexibility index (Phi) is 6.16. The molecule has 1 aliphatic rings. The van der Waals surface area contributed by atoms with Gasteiger partial charge in [-0.15, -0.1) is 10.2 Å². The molecule has 1 saturated heterocycles. The van der Waals surface area contributed by atoms with E-state index in [-0.39, 0.29) is 11.7 Å². The molecule has 1 aliphatic heterocycles. The van der Waals surface area contributed by atoms with Crippen LogP contribution in [0.15, 0.2) is 62.8 Å². The first kappa shape index (κ1) is 21.3. The summed E-state index contributed by atoms with van der Waals surface area (Å²) in [7, 11) is 0. The average molecular weight is 465 g/mol. The van der Waals surface area contributed by atoms with Crippen LogP contribution in [0.5, 0.6) is 0 Å². The highest BCUT2D eigenvalue weighted by Crippen LogP contribution is 2.27. The molecule has 5 rings (SSSR count). The van der Waals surface area contributed by atoms with E-state index in [1.165, 1.54) is 17.3 Å². The quantitative estimate of drug-likeness (QED) is 0.387. The lowest BCUT2D eigenvalue weighted by atomic mass is 10.1. The molecule has 0 atom stereocenters. The predicted octanol–water partition coefficient (Wildman–Crippen LogP) is 4.21. The zero-order valence-electron chi connectivity index (χ0n) is 18.2. The van der Waals surface area contributed by atoms with Crippen molar-refractivity contribution in [1.29, 1.82) is 0 Å². The van der Waals surface area contributed by atoms with Crippen molar-refractivity contribution < 1.29 is 13.7 Å². The number of thioether (sulfide) groups is 1. The molecule has 1 amide bonds. The molecule has 10 heteroatoms. The number of carbonyl (C=O) groups excluding carboxylic acids is 1. The number of anilines is 2. The second-order valence-corrected chi connectivity index (χ2v) is 8.86. The van der Waals surface area contributed by atoms with Crippen molar-refractivity contribution >= 4 is 29.5 Å². The number of furan rings is 1. The summed E-state index contributed by atoms with van der Waals surface area (Å²) in [5.41, 5.74) is 2.77. The number of hydrogen-bond acceptors (Lipinski definition) is 8. The lowest BCUT2D eigenvalue weighted by Crippen LogP contribution is -2.22. The first-order chi connectivity index (χ1) is 16.2. The maximum Gasteiger partial charge on any atom is 0.237 e. The molecule has 0 spiro atoms. The van der Waals surface area contributed by atoms with Gasteiger partial charge in [-0.25, -0.2) is 0 Å². The Morgan fingerprint density at radius 3 is 2.73 bits per heavy atom. The average Bonchev–Trinajstić information content (AvgIpc) is 3.61. The fourth-order valence-electron chi connectivity index (χ4n) is 3.73. The van der Waals surface area contributed by atoms with Gasteiger partial charge < -0.3 is 13.8 Å². The second-order valence-electron chi connectivity index (χ2n) is 7.92. The summed E-state index contributed by atoms with van der Waals surface area (Å²) in [6.45, 7) is 4.45. The lowest BCUT2D eigenvalue weighted by Gasteiger charge is -2.17. The number of nitrogens with zero attached hydrogens (tertiary/aromatic N) is 5. The highest BCUT2D eigenvalue weighted by atomic mass is 32.2. The molecule has 1 fully saturated rings. The maximum atomic E-state index is 12.6. The fraction of sp³-hybridized carbons (Fsp3) is 0.304. The second kappa shape index (κ2) is 9.53. The maximum absolute atomic E-state index is 12.6. The molecule has 1 aromatic carbocycles. The van der Waals surface area contributed by atoms with Crippen LogP contribution in [0.25, 0.3) is 11.3 Å². The van der Waals surface area contributed by atoms with Crippen LogP contribution in [0.1, 0.15) is 24.2 Å². The molecule has 3 aromatic heterocycles. The minimum absolute atomic E-state index is 0.164. The summed E-state index contributed by atoms with van der Waals surface area (Å²) in [5.74, 6) is 1.89. The SMILES string of the molecule is Cc1ccc(-c2cc(NC(=O)CSc3nnc(N4CCCC4)n3Cc3ccco3)on2)cc1. The van der Waals surface area contributed by atoms with Crippen LogP contribution in [0.3, 0.4) is 0 Å². The van der Waals surface area contributed by atoms with E-state index < -0.39 is 0 Å². The highest BCUT2D eigenvalue weighted by Gasteiger charge is 2.22. The summed E-state index contributed by atoms with van der Waals surface area (Å²) >= 11 is 1.33. The predicted molar refractivity (Wildman–Crippen MR) is 125 cm³/mol. The highest BCUT2D eigenvalue weighted by molar-refractivity contribution is 7.99. The largest absolute Gasteiger partial charge is 0.467 e. The standard InChI is InChI=1S/C23H24N6O3S/c1-16-6-8-17(9-7-16)19-13-21(32-27-19)24-20(30)15-33-23-26-25-22(28-10-2-3-11-28)29(23)14-18-5-4-12-31-18/h4-9,12-13H,2-3,10-11,14-15H2,1H3,(H,24,30). The van der Waals surface area contributed by atoms with Gasteiger partial charge in [-0.3, -0.25) is 14.7 Å². The summed E-state index contributed by atoms with van der Waals surface area (Å²) in [5, 5.41) is 16.2. The van der Waals surface area contributed by atoms with Crippen LogP contribution >= 0.6 is 11.8 Å². The minimum atomic E-state index is -0.207. The lowest BCUT2D eigenvalue weighted by molar-refractivity contribution is -0.113. The van der Waals surface area contributed by atoms with Crippen LogP contribution in [0.4, 0.5) is 11.8 Å². The van der Waals surface area contributed by atoms with Gasteiger partial charge >= 0.3 is 0 Å². The number of rotatable bonds is 8. The van der Waals surface area contributed by atoms with E-state index in [2.05, 4.69) is 25.6 Å². The van der Waals surface area contributed by atoms with Crippen molar-refractivity contribution in [2.75, 3.05) is 29.1 Å². The van der Waals surface area contributed by atoms with Crippen molar-refractivity contribution in [2.24, 2.45) is 0 Å². The van der Waals surface area contributed by atoms with E-state index >= 15 is 0 Å². The summed E-state index contributed by atoms with van der Waals surface area (Å²) in [6.07, 6.45) is 3.93. The third kappa shape index (κ3) is 4.95. The molecule has 0 aliphatic carbocycles. The number of hydrogen-bond donors (Lipinski definition) is 1. The normalized spacial score (nSPS) is 13.5. The van der Waals surface area contributed by atoms with E-state index in [1.807, 2.05) is 47.9 Å². The Morgan fingerprint density at radius 1 is 1.15 bits per heavy atom. The Balaban J connectivity index is 1.24. The van der Waals surface area contributed by atoms with E-state index in [9.17, 15) is 4.79 Å². The number of nitrogens with one attached hydrogen (secondary N) is 1. The van der Waals surface area contributed by atoms with Crippen LogP contribution in [0, 0.1) is 6.92 Å². The fourth-order valence-corrected chi connectivity index (χ4v) is 4.47. The summed E-state index contributed by atoms with van der Waals surface area (Å²) in [4.78, 5) is 14.8. The van der Waals surface area contributed by atoms with Crippen molar-refractivity contribution in [3.63, 3.8) is 0 Å². The molecule has 0 radical (unpaired) electrons. The third-order valence-electron chi connectivity index (χ3n) is 5.43. The molecular weight excluding hydrogens is 440 g/mol. The molecule has 1 N–H and O–H groups in total. The molecule has 9 nitrogen and oxygen atoms in total. The van der Waals surface area contributed by atoms with Crippen LogP contribution < -0.4 is 10.2 Å². The van der Waals surface area contributed by atoms with Gasteiger partial charge in [-0.2, -0.15) is 0 Å². The van der Waals surface area contributed by atoms with Gasteiger partial charge in [-0.05, 0) is 31.9 Å². The molecule has 170 valence electrons. The van der Waals surface area contributed by atoms with Gasteiger partial charge in [-0.1, -0.05) is 46.7 Å². The van der Waals surface area contributed by atoms with Gasteiger partial charge in [0.2, 0.25) is 17.7 Å². The van der Waals surface area contributed by atoms with Gasteiger partial charge in [0, 0.05) is 24.7 Å². The first-order valence-corrected chi connectivity index (χ1v) is 11.8. The zero-order valence-corrected chi connectivity index (χ0v) is 19.0. The van der Waals surface area contributed by atoms with E-state index in [0.29, 0.717) is 23.3 Å². The van der Waals surface area contributed by atoms with Crippen LogP contribution in [0.2, 0.25) is 0 Å². The van der Waals surface area contributed by atoms with Gasteiger partial charge in [0.15, 0.2) is 5.16 Å². The summed E-state index contributed by atoms with van der Waals surface area (Å²) < 4.78 is 12.8. The molecule has 4 aromatic rings. The van der Waals surface area contributed by atoms with Crippen molar-refractivity contribution in [3.8, 4) is 11.3 Å². The van der Waals surface area contributed by atoms with Gasteiger partial charge in [0.05, 0.1) is 18.6 Å². The topological polar surface area (TPSA) is 102 Å². The number of benzene rings is 1. The Labute approximate surface area is 195 Å². The zero-order chi connectivity index (χ0) is 22.6. The molecule has 0 bridgehead atoms. The van der Waals surface area contributed by atoms with Crippen molar-refractivity contribution in [2.45, 2.75) is 31.5 Å². The Bertz CT molecular complexity index is 1210. The van der Waals surface area contributed by atoms with E-state index in [0.717, 1.165) is 43.2 Å². The van der Waals surface area contributed by atoms with Crippen LogP contribution in [-0.2, 0) is 11.3 Å². The van der Waals surface area contributed by atoms with E-state index in [4.69, 9.17) is 8.94 Å². The Hall–Kier alpha value is -3.53. The third-order valence-corrected chi connectivity index (χ3v) is 6.40. The van der Waals surface area contributed by atoms with Crippen LogP contribution in [-0.4, -0.2) is 44.7 Å². The van der Waals surface area contributed by atoms with Crippen molar-refractivity contribution in [3.05, 3.63) is 60.1 Å². The number of aromatic nitrogens is 4. The number of aryl methyl sites for hydroxylation is 1. The van der Waals surface area contributed by atoms with E-state index in [1.54, 1.807) is 12.3 Å². The number of carbonyl (C=O) groups is 1. The van der Waals surface area contributed by atoms with Gasteiger partial charge in [0.1, 0.15) is 11.5 Å². The number of amides is 1. The summed E-state index contributed by atoms with van der Waals surface area (Å²) in [6, 6.07) is 13.5. The Morgan fingerprint density at radius 2 is 1.97 bits per heavy atom. The molecule has 33 heavy (non-hydrogen) atoms. The molecule has 0 unspecified atom stereocenters. The van der Waals surface area contributed by atoms with Gasteiger partial charge in [0.25, 0.3) is 0 Å².